The summed E-state index contributed by atoms with van der Waals surface area (Å²) in [5.74, 6) is 0.914. The normalized spacial score (nSPS) is 9.25. The van der Waals surface area contributed by atoms with Crippen LogP contribution in [0.4, 0.5) is 0 Å². The van der Waals surface area contributed by atoms with Gasteiger partial charge < -0.3 is 0 Å². The second kappa shape index (κ2) is 5.56. The van der Waals surface area contributed by atoms with Crippen molar-refractivity contribution in [2.24, 2.45) is 0 Å². The smallest absolute Gasteiger partial charge is 0.187 e. The first-order valence-corrected chi connectivity index (χ1v) is 4.69. The third-order valence-electron chi connectivity index (χ3n) is 1.21. The lowest BCUT2D eigenvalue weighted by molar-refractivity contribution is 0.944. The lowest BCUT2D eigenvalue weighted by atomic mass is 10.4. The van der Waals surface area contributed by atoms with E-state index in [-0.39, 0.29) is 0 Å². The summed E-state index contributed by atoms with van der Waals surface area (Å²) in [6, 6.07) is 3.89. The molecule has 62 valence electrons. The van der Waals surface area contributed by atoms with Crippen molar-refractivity contribution in [1.29, 1.82) is 5.26 Å². The van der Waals surface area contributed by atoms with Gasteiger partial charge >= 0.3 is 0 Å². The van der Waals surface area contributed by atoms with Gasteiger partial charge in [0.1, 0.15) is 0 Å². The Labute approximate surface area is 75.8 Å². The number of rotatable bonds is 4. The molecule has 0 saturated carbocycles. The van der Waals surface area contributed by atoms with E-state index in [4.69, 9.17) is 5.26 Å². The average molecular weight is 179 g/mol. The van der Waals surface area contributed by atoms with Crippen molar-refractivity contribution in [1.82, 2.24) is 9.97 Å². The molecule has 0 aliphatic rings. The first kappa shape index (κ1) is 9.01. The fourth-order valence-electron chi connectivity index (χ4n) is 0.675. The second-order valence-electron chi connectivity index (χ2n) is 2.14. The quantitative estimate of drug-likeness (QED) is 0.402. The van der Waals surface area contributed by atoms with E-state index in [1.165, 1.54) is 0 Å². The Morgan fingerprint density at radius 3 is 2.83 bits per heavy atom. The first-order valence-electron chi connectivity index (χ1n) is 3.70. The van der Waals surface area contributed by atoms with Crippen LogP contribution in [0.25, 0.3) is 0 Å². The summed E-state index contributed by atoms with van der Waals surface area (Å²) < 4.78 is 0. The number of thioether (sulfide) groups is 1. The number of aromatic nitrogens is 2. The summed E-state index contributed by atoms with van der Waals surface area (Å²) in [5, 5.41) is 9.06. The van der Waals surface area contributed by atoms with Crippen LogP contribution in [0.15, 0.2) is 23.6 Å². The summed E-state index contributed by atoms with van der Waals surface area (Å²) in [4.78, 5) is 8.09. The molecular formula is C8H9N3S. The van der Waals surface area contributed by atoms with Gasteiger partial charge in [0.25, 0.3) is 0 Å². The molecule has 0 amide bonds. The molecule has 1 heterocycles. The molecule has 0 N–H and O–H groups in total. The maximum absolute atomic E-state index is 8.27. The Bertz CT molecular complexity index is 255. The third kappa shape index (κ3) is 3.35. The van der Waals surface area contributed by atoms with E-state index in [1.807, 2.05) is 0 Å². The zero-order valence-electron chi connectivity index (χ0n) is 6.60. The van der Waals surface area contributed by atoms with Gasteiger partial charge in [0.2, 0.25) is 0 Å². The Morgan fingerprint density at radius 1 is 1.42 bits per heavy atom. The van der Waals surface area contributed by atoms with Gasteiger partial charge in [-0.1, -0.05) is 11.8 Å². The highest BCUT2D eigenvalue weighted by Crippen LogP contribution is 2.12. The largest absolute Gasteiger partial charge is 0.231 e. The van der Waals surface area contributed by atoms with Crippen LogP contribution in [0.3, 0.4) is 0 Å². The van der Waals surface area contributed by atoms with Crippen LogP contribution in [0, 0.1) is 11.3 Å². The summed E-state index contributed by atoms with van der Waals surface area (Å²) >= 11 is 1.59. The summed E-state index contributed by atoms with van der Waals surface area (Å²) in [5.41, 5.74) is 0. The van der Waals surface area contributed by atoms with E-state index < -0.39 is 0 Å². The maximum Gasteiger partial charge on any atom is 0.187 e. The van der Waals surface area contributed by atoms with Crippen LogP contribution >= 0.6 is 11.8 Å². The number of nitrogens with zero attached hydrogens (tertiary/aromatic N) is 3. The number of nitriles is 1. The van der Waals surface area contributed by atoms with Crippen LogP contribution in [0.1, 0.15) is 12.8 Å². The van der Waals surface area contributed by atoms with Crippen molar-refractivity contribution in [3.05, 3.63) is 18.5 Å². The molecule has 12 heavy (non-hydrogen) atoms. The molecular weight excluding hydrogens is 170 g/mol. The Kier molecular flexibility index (Phi) is 4.17. The number of hydrogen-bond acceptors (Lipinski definition) is 4. The SMILES string of the molecule is N#CCCCSc1ncccn1. The highest BCUT2D eigenvalue weighted by Gasteiger charge is 1.93. The number of unbranched alkanes of at least 4 members (excludes halogenated alkanes) is 1. The fourth-order valence-corrected chi connectivity index (χ4v) is 1.42. The summed E-state index contributed by atoms with van der Waals surface area (Å²) in [6.45, 7) is 0. The van der Waals surface area contributed by atoms with Gasteiger partial charge in [-0.3, -0.25) is 0 Å². The molecule has 0 bridgehead atoms. The molecule has 1 rings (SSSR count). The molecule has 0 aliphatic heterocycles. The minimum atomic E-state index is 0.611. The zero-order valence-corrected chi connectivity index (χ0v) is 7.42. The van der Waals surface area contributed by atoms with E-state index in [2.05, 4.69) is 16.0 Å². The zero-order chi connectivity index (χ0) is 8.65. The second-order valence-corrected chi connectivity index (χ2v) is 3.20. The van der Waals surface area contributed by atoms with Crippen LogP contribution in [0.2, 0.25) is 0 Å². The lowest BCUT2D eigenvalue weighted by Gasteiger charge is -1.95. The van der Waals surface area contributed by atoms with Crippen LogP contribution in [0.5, 0.6) is 0 Å². The van der Waals surface area contributed by atoms with Crippen molar-refractivity contribution in [2.45, 2.75) is 18.0 Å². The third-order valence-corrected chi connectivity index (χ3v) is 2.17. The lowest BCUT2D eigenvalue weighted by Crippen LogP contribution is -1.85. The average Bonchev–Trinajstić information content (AvgIpc) is 2.14. The van der Waals surface area contributed by atoms with Crippen molar-refractivity contribution >= 4 is 11.8 Å². The predicted octanol–water partition coefficient (Wildman–Crippen LogP) is 1.87. The Hall–Kier alpha value is -1.08. The van der Waals surface area contributed by atoms with E-state index in [1.54, 1.807) is 30.2 Å². The van der Waals surface area contributed by atoms with Crippen molar-refractivity contribution in [2.75, 3.05) is 5.75 Å². The van der Waals surface area contributed by atoms with Crippen molar-refractivity contribution in [3.8, 4) is 6.07 Å². The molecule has 0 radical (unpaired) electrons. The van der Waals surface area contributed by atoms with Crippen molar-refractivity contribution in [3.63, 3.8) is 0 Å². The van der Waals surface area contributed by atoms with Gasteiger partial charge in [0, 0.05) is 24.6 Å². The predicted molar refractivity (Wildman–Crippen MR) is 47.6 cm³/mol. The minimum absolute atomic E-state index is 0.611. The first-order chi connectivity index (χ1) is 5.93. The molecule has 0 unspecified atom stereocenters. The molecule has 3 nitrogen and oxygen atoms in total. The Balaban J connectivity index is 2.21. The maximum atomic E-state index is 8.27. The molecule has 0 fully saturated rings. The van der Waals surface area contributed by atoms with E-state index in [9.17, 15) is 0 Å². The summed E-state index contributed by atoms with van der Waals surface area (Å²) in [7, 11) is 0. The molecule has 4 heteroatoms. The van der Waals surface area contributed by atoms with E-state index in [0.29, 0.717) is 6.42 Å². The standard InChI is InChI=1S/C8H9N3S/c9-4-1-2-7-12-8-10-5-3-6-11-8/h3,5-6H,1-2,7H2. The van der Waals surface area contributed by atoms with Gasteiger partial charge in [0.05, 0.1) is 6.07 Å². The van der Waals surface area contributed by atoms with E-state index in [0.717, 1.165) is 17.3 Å². The molecule has 0 saturated heterocycles. The Morgan fingerprint density at radius 2 is 2.17 bits per heavy atom. The topological polar surface area (TPSA) is 49.6 Å². The highest BCUT2D eigenvalue weighted by atomic mass is 32.2. The van der Waals surface area contributed by atoms with Crippen molar-refractivity contribution < 1.29 is 0 Å². The highest BCUT2D eigenvalue weighted by molar-refractivity contribution is 7.99. The molecule has 0 atom stereocenters. The minimum Gasteiger partial charge on any atom is -0.231 e. The van der Waals surface area contributed by atoms with Gasteiger partial charge in [-0.15, -0.1) is 0 Å². The molecule has 0 spiro atoms. The van der Waals surface area contributed by atoms with Crippen LogP contribution in [-0.2, 0) is 0 Å². The van der Waals surface area contributed by atoms with E-state index >= 15 is 0 Å². The van der Waals surface area contributed by atoms with Gasteiger partial charge in [0.15, 0.2) is 5.16 Å². The molecule has 1 aromatic heterocycles. The van der Waals surface area contributed by atoms with Gasteiger partial charge in [-0.05, 0) is 12.5 Å². The number of hydrogen-bond donors (Lipinski definition) is 0. The molecule has 1 aromatic rings. The van der Waals surface area contributed by atoms with Crippen LogP contribution < -0.4 is 0 Å². The monoisotopic (exact) mass is 179 g/mol. The molecule has 0 aliphatic carbocycles. The van der Waals surface area contributed by atoms with Gasteiger partial charge in [-0.2, -0.15) is 5.26 Å². The van der Waals surface area contributed by atoms with Crippen LogP contribution in [-0.4, -0.2) is 15.7 Å². The molecule has 0 aromatic carbocycles. The van der Waals surface area contributed by atoms with Gasteiger partial charge in [-0.25, -0.2) is 9.97 Å². The fraction of sp³-hybridized carbons (Fsp3) is 0.375. The summed E-state index contributed by atoms with van der Waals surface area (Å²) in [6.07, 6.45) is 4.96.